The minimum absolute atomic E-state index is 0.121. The summed E-state index contributed by atoms with van der Waals surface area (Å²) in [6.45, 7) is 15.6. The van der Waals surface area contributed by atoms with Crippen molar-refractivity contribution < 1.29 is 5.11 Å². The molecule has 108 valence electrons. The van der Waals surface area contributed by atoms with Gasteiger partial charge >= 0.3 is 0 Å². The molecular formula is C14H31N3O. The predicted octanol–water partition coefficient (Wildman–Crippen LogP) is 0.763. The molecular weight excluding hydrogens is 226 g/mol. The molecule has 0 aromatic rings. The third-order valence-electron chi connectivity index (χ3n) is 4.07. The van der Waals surface area contributed by atoms with Gasteiger partial charge < -0.3 is 15.3 Å². The normalized spacial score (nSPS) is 22.3. The van der Waals surface area contributed by atoms with Crippen LogP contribution in [0.1, 0.15) is 34.1 Å². The highest BCUT2D eigenvalue weighted by Crippen LogP contribution is 2.12. The average molecular weight is 257 g/mol. The second-order valence-electron chi connectivity index (χ2n) is 5.97. The third kappa shape index (κ3) is 4.84. The molecule has 4 heteroatoms. The number of aliphatic hydroxyl groups excluding tert-OH is 1. The molecule has 4 nitrogen and oxygen atoms in total. The number of hydrogen-bond acceptors (Lipinski definition) is 4. The largest absolute Gasteiger partial charge is 0.394 e. The molecule has 1 atom stereocenters. The van der Waals surface area contributed by atoms with Gasteiger partial charge in [-0.25, -0.2) is 0 Å². The maximum atomic E-state index is 9.47. The van der Waals surface area contributed by atoms with Gasteiger partial charge in [0.15, 0.2) is 0 Å². The topological polar surface area (TPSA) is 38.7 Å². The molecule has 0 saturated carbocycles. The summed E-state index contributed by atoms with van der Waals surface area (Å²) in [6.07, 6.45) is 1.01. The quantitative estimate of drug-likeness (QED) is 0.706. The van der Waals surface area contributed by atoms with Gasteiger partial charge in [-0.3, -0.25) is 4.90 Å². The minimum atomic E-state index is -0.121. The van der Waals surface area contributed by atoms with Gasteiger partial charge in [-0.05, 0) is 33.7 Å². The van der Waals surface area contributed by atoms with Gasteiger partial charge in [0.25, 0.3) is 0 Å². The highest BCUT2D eigenvalue weighted by Gasteiger charge is 2.24. The Morgan fingerprint density at radius 3 is 2.28 bits per heavy atom. The molecule has 0 aromatic carbocycles. The van der Waals surface area contributed by atoms with E-state index in [1.807, 2.05) is 0 Å². The zero-order valence-electron chi connectivity index (χ0n) is 12.6. The van der Waals surface area contributed by atoms with Crippen molar-refractivity contribution in [3.8, 4) is 0 Å². The molecule has 0 aromatic heterocycles. The number of aliphatic hydroxyl groups is 1. The molecule has 1 heterocycles. The fourth-order valence-corrected chi connectivity index (χ4v) is 2.56. The van der Waals surface area contributed by atoms with Gasteiger partial charge in [0.2, 0.25) is 0 Å². The fraction of sp³-hybridized carbons (Fsp3) is 1.00. The number of piperazine rings is 1. The van der Waals surface area contributed by atoms with Gasteiger partial charge in [-0.2, -0.15) is 0 Å². The van der Waals surface area contributed by atoms with Crippen LogP contribution in [0.3, 0.4) is 0 Å². The predicted molar refractivity (Wildman–Crippen MR) is 76.9 cm³/mol. The van der Waals surface area contributed by atoms with E-state index in [4.69, 9.17) is 0 Å². The summed E-state index contributed by atoms with van der Waals surface area (Å²) in [4.78, 5) is 5.05. The second kappa shape index (κ2) is 7.43. The Morgan fingerprint density at radius 1 is 1.22 bits per heavy atom. The van der Waals surface area contributed by atoms with E-state index in [1.54, 1.807) is 0 Å². The lowest BCUT2D eigenvalue weighted by atomic mass is 9.98. The van der Waals surface area contributed by atoms with Gasteiger partial charge in [0.05, 0.1) is 6.61 Å². The van der Waals surface area contributed by atoms with Crippen LogP contribution in [0.25, 0.3) is 0 Å². The van der Waals surface area contributed by atoms with Crippen LogP contribution in [0.5, 0.6) is 0 Å². The summed E-state index contributed by atoms with van der Waals surface area (Å²) in [5, 5.41) is 12.9. The van der Waals surface area contributed by atoms with Gasteiger partial charge in [0, 0.05) is 44.3 Å². The van der Waals surface area contributed by atoms with Crippen molar-refractivity contribution >= 4 is 0 Å². The molecule has 1 saturated heterocycles. The van der Waals surface area contributed by atoms with Crippen molar-refractivity contribution in [1.29, 1.82) is 0 Å². The van der Waals surface area contributed by atoms with Crippen LogP contribution in [-0.4, -0.2) is 72.4 Å². The van der Waals surface area contributed by atoms with Crippen molar-refractivity contribution in [1.82, 2.24) is 15.1 Å². The van der Waals surface area contributed by atoms with Gasteiger partial charge in [-0.1, -0.05) is 6.92 Å². The van der Waals surface area contributed by atoms with Crippen LogP contribution in [0, 0.1) is 0 Å². The van der Waals surface area contributed by atoms with Crippen molar-refractivity contribution in [2.75, 3.05) is 45.9 Å². The van der Waals surface area contributed by atoms with E-state index in [1.165, 1.54) is 13.1 Å². The summed E-state index contributed by atoms with van der Waals surface area (Å²) >= 11 is 0. The summed E-state index contributed by atoms with van der Waals surface area (Å²) in [6, 6.07) is 0.664. The lowest BCUT2D eigenvalue weighted by molar-refractivity contribution is 0.0913. The van der Waals surface area contributed by atoms with Crippen molar-refractivity contribution in [3.05, 3.63) is 0 Å². The summed E-state index contributed by atoms with van der Waals surface area (Å²) in [5.41, 5.74) is -0.121. The van der Waals surface area contributed by atoms with Crippen LogP contribution < -0.4 is 5.32 Å². The van der Waals surface area contributed by atoms with Crippen LogP contribution in [0.15, 0.2) is 0 Å². The lowest BCUT2D eigenvalue weighted by Gasteiger charge is -2.38. The SMILES string of the molecule is CCNC(C)(CO)CCN1CCN(C(C)C)CC1. The molecule has 2 N–H and O–H groups in total. The molecule has 1 fully saturated rings. The molecule has 0 amide bonds. The highest BCUT2D eigenvalue weighted by molar-refractivity contribution is 4.84. The number of rotatable bonds is 7. The van der Waals surface area contributed by atoms with E-state index in [0.717, 1.165) is 32.6 Å². The zero-order valence-corrected chi connectivity index (χ0v) is 12.6. The molecule has 1 unspecified atom stereocenters. The maximum absolute atomic E-state index is 9.47. The zero-order chi connectivity index (χ0) is 13.6. The molecule has 0 bridgehead atoms. The number of nitrogens with one attached hydrogen (secondary N) is 1. The lowest BCUT2D eigenvalue weighted by Crippen LogP contribution is -2.52. The van der Waals surface area contributed by atoms with Crippen molar-refractivity contribution in [2.45, 2.75) is 45.7 Å². The molecule has 1 aliphatic rings. The van der Waals surface area contributed by atoms with Crippen molar-refractivity contribution in [2.24, 2.45) is 0 Å². The smallest absolute Gasteiger partial charge is 0.0611 e. The molecule has 1 rings (SSSR count). The molecule has 0 spiro atoms. The van der Waals surface area contributed by atoms with Crippen LogP contribution >= 0.6 is 0 Å². The number of hydrogen-bond donors (Lipinski definition) is 2. The molecule has 18 heavy (non-hydrogen) atoms. The average Bonchev–Trinajstić information content (AvgIpc) is 2.37. The monoisotopic (exact) mass is 257 g/mol. The molecule has 1 aliphatic heterocycles. The maximum Gasteiger partial charge on any atom is 0.0611 e. The summed E-state index contributed by atoms with van der Waals surface area (Å²) in [5.74, 6) is 0. The van der Waals surface area contributed by atoms with E-state index in [-0.39, 0.29) is 12.1 Å². The Bertz CT molecular complexity index is 227. The van der Waals surface area contributed by atoms with Crippen LogP contribution in [-0.2, 0) is 0 Å². The summed E-state index contributed by atoms with van der Waals surface area (Å²) < 4.78 is 0. The van der Waals surface area contributed by atoms with E-state index in [0.29, 0.717) is 6.04 Å². The first-order valence-corrected chi connectivity index (χ1v) is 7.33. The standard InChI is InChI=1S/C14H31N3O/c1-5-15-14(4,12-18)6-7-16-8-10-17(11-9-16)13(2)3/h13,15,18H,5-12H2,1-4H3. The first-order valence-electron chi connectivity index (χ1n) is 7.33. The van der Waals surface area contributed by atoms with Gasteiger partial charge in [0.1, 0.15) is 0 Å². The van der Waals surface area contributed by atoms with Crippen LogP contribution in [0.2, 0.25) is 0 Å². The van der Waals surface area contributed by atoms with E-state index in [9.17, 15) is 5.11 Å². The second-order valence-corrected chi connectivity index (χ2v) is 5.97. The van der Waals surface area contributed by atoms with Crippen LogP contribution in [0.4, 0.5) is 0 Å². The van der Waals surface area contributed by atoms with Crippen molar-refractivity contribution in [3.63, 3.8) is 0 Å². The Morgan fingerprint density at radius 2 is 1.83 bits per heavy atom. The van der Waals surface area contributed by atoms with Gasteiger partial charge in [-0.15, -0.1) is 0 Å². The fourth-order valence-electron chi connectivity index (χ4n) is 2.56. The Hall–Kier alpha value is -0.160. The minimum Gasteiger partial charge on any atom is -0.394 e. The number of nitrogens with zero attached hydrogens (tertiary/aromatic N) is 2. The third-order valence-corrected chi connectivity index (χ3v) is 4.07. The summed E-state index contributed by atoms with van der Waals surface area (Å²) in [7, 11) is 0. The Labute approximate surface area is 112 Å². The van der Waals surface area contributed by atoms with E-state index < -0.39 is 0 Å². The first-order chi connectivity index (χ1) is 8.50. The molecule has 0 radical (unpaired) electrons. The highest BCUT2D eigenvalue weighted by atomic mass is 16.3. The molecule has 0 aliphatic carbocycles. The van der Waals surface area contributed by atoms with E-state index >= 15 is 0 Å². The Kier molecular flexibility index (Phi) is 6.57. The van der Waals surface area contributed by atoms with E-state index in [2.05, 4.69) is 42.8 Å². The Balaban J connectivity index is 2.28. The number of likely N-dealkylation sites (N-methyl/N-ethyl adjacent to an activating group) is 1. The first kappa shape index (κ1) is 15.9.